The maximum Gasteiger partial charge on any atom is 0.277 e. The lowest BCUT2D eigenvalue weighted by atomic mass is 9.84. The second-order valence-corrected chi connectivity index (χ2v) is 10.3. The van der Waals surface area contributed by atoms with Crippen molar-refractivity contribution in [2.24, 2.45) is 13.0 Å². The lowest BCUT2D eigenvalue weighted by Crippen LogP contribution is -2.47. The number of benzene rings is 1. The Labute approximate surface area is 209 Å². The van der Waals surface area contributed by atoms with Crippen molar-refractivity contribution < 1.29 is 18.1 Å². The number of carbonyl (C=O) groups is 1. The summed E-state index contributed by atoms with van der Waals surface area (Å²) in [5.41, 5.74) is 1.37. The van der Waals surface area contributed by atoms with E-state index in [4.69, 9.17) is 4.52 Å². The molecule has 1 saturated heterocycles. The van der Waals surface area contributed by atoms with Crippen LogP contribution in [0.3, 0.4) is 0 Å². The Kier molecular flexibility index (Phi) is 6.96. The second kappa shape index (κ2) is 10.2. The van der Waals surface area contributed by atoms with Gasteiger partial charge in [0.25, 0.3) is 11.8 Å². The molecule has 3 aromatic rings. The van der Waals surface area contributed by atoms with E-state index >= 15 is 0 Å². The predicted molar refractivity (Wildman–Crippen MR) is 133 cm³/mol. The molecule has 194 valence electrons. The molecule has 0 bridgehead atoms. The number of aromatic nitrogens is 3. The average molecular weight is 501 g/mol. The number of anilines is 1. The topological polar surface area (TPSA) is 79.4 Å². The number of aryl methyl sites for hydroxylation is 1. The number of nitrogens with zero attached hydrogens (tertiary/aromatic N) is 5. The molecule has 0 unspecified atom stereocenters. The van der Waals surface area contributed by atoms with E-state index in [1.165, 1.54) is 0 Å². The van der Waals surface area contributed by atoms with Crippen molar-refractivity contribution in [2.75, 3.05) is 37.6 Å². The van der Waals surface area contributed by atoms with Crippen LogP contribution in [0, 0.1) is 5.92 Å². The van der Waals surface area contributed by atoms with Crippen LogP contribution in [-0.2, 0) is 13.0 Å². The van der Waals surface area contributed by atoms with Crippen molar-refractivity contribution in [3.05, 3.63) is 41.8 Å². The minimum atomic E-state index is -2.96. The first kappa shape index (κ1) is 24.7. The number of hydrogen-bond acceptors (Lipinski definition) is 6. The molecule has 0 atom stereocenters. The van der Waals surface area contributed by atoms with Gasteiger partial charge in [0, 0.05) is 57.8 Å². The highest BCUT2D eigenvalue weighted by Crippen LogP contribution is 2.34. The first-order valence-corrected chi connectivity index (χ1v) is 12.8. The quantitative estimate of drug-likeness (QED) is 0.525. The third kappa shape index (κ3) is 5.38. The van der Waals surface area contributed by atoms with Gasteiger partial charge < -0.3 is 14.7 Å². The fraction of sp³-hybridized carbons (Fsp3) is 0.577. The van der Waals surface area contributed by atoms with Gasteiger partial charge in [-0.05, 0) is 56.7 Å². The molecule has 0 radical (unpaired) electrons. The largest absolute Gasteiger partial charge is 0.362 e. The standard InChI is InChI=1S/C26H34F2N6O2/c1-26(27,28)22-17-36-31-24(22)34-14-12-33(13-15-34)11-10-18-6-8-19(9-7-18)29-25(35)20-4-3-5-23-21(20)16-32(2)30-23/h3-5,16-19H,6-15H2,1-2H3,(H,29,35)/t18-,19-. The zero-order valence-corrected chi connectivity index (χ0v) is 20.9. The summed E-state index contributed by atoms with van der Waals surface area (Å²) < 4.78 is 34.2. The number of alkyl halides is 2. The molecule has 1 saturated carbocycles. The number of fused-ring (bicyclic) bond motifs is 1. The molecule has 36 heavy (non-hydrogen) atoms. The Morgan fingerprint density at radius 3 is 2.64 bits per heavy atom. The van der Waals surface area contributed by atoms with Gasteiger partial charge in [-0.2, -0.15) is 5.10 Å². The van der Waals surface area contributed by atoms with Crippen molar-refractivity contribution in [1.82, 2.24) is 25.2 Å². The van der Waals surface area contributed by atoms with Gasteiger partial charge in [0.1, 0.15) is 11.8 Å². The zero-order valence-electron chi connectivity index (χ0n) is 20.9. The van der Waals surface area contributed by atoms with Crippen LogP contribution in [0.15, 0.2) is 35.2 Å². The summed E-state index contributed by atoms with van der Waals surface area (Å²) in [7, 11) is 1.86. The normalized spacial score (nSPS) is 21.7. The number of rotatable bonds is 7. The first-order valence-electron chi connectivity index (χ1n) is 12.8. The molecule has 2 aliphatic rings. The van der Waals surface area contributed by atoms with Crippen LogP contribution in [0.1, 0.15) is 54.9 Å². The summed E-state index contributed by atoms with van der Waals surface area (Å²) in [6.45, 7) is 4.87. The average Bonchev–Trinajstić information content (AvgIpc) is 3.50. The SMILES string of the molecule is Cn1cc2c(C(=O)N[C@H]3CC[C@H](CCN4CCN(c5nocc5C(C)(F)F)CC4)CC3)cccc2n1. The summed E-state index contributed by atoms with van der Waals surface area (Å²) >= 11 is 0. The van der Waals surface area contributed by atoms with Crippen LogP contribution in [0.25, 0.3) is 10.9 Å². The number of carbonyl (C=O) groups excluding carboxylic acids is 1. The van der Waals surface area contributed by atoms with Gasteiger partial charge in [0.15, 0.2) is 5.82 Å². The van der Waals surface area contributed by atoms with Crippen LogP contribution >= 0.6 is 0 Å². The van der Waals surface area contributed by atoms with Crippen LogP contribution in [0.5, 0.6) is 0 Å². The van der Waals surface area contributed by atoms with E-state index in [-0.39, 0.29) is 23.3 Å². The molecular weight excluding hydrogens is 466 g/mol. The third-order valence-corrected chi connectivity index (χ3v) is 7.64. The maximum atomic E-state index is 13.8. The van der Waals surface area contributed by atoms with Crippen LogP contribution in [0.2, 0.25) is 0 Å². The summed E-state index contributed by atoms with van der Waals surface area (Å²) in [5, 5.41) is 12.3. The van der Waals surface area contributed by atoms with Crippen molar-refractivity contribution in [3.8, 4) is 0 Å². The molecule has 8 nitrogen and oxygen atoms in total. The Bertz CT molecular complexity index is 1190. The highest BCUT2D eigenvalue weighted by atomic mass is 19.3. The van der Waals surface area contributed by atoms with Crippen LogP contribution in [0.4, 0.5) is 14.6 Å². The van der Waals surface area contributed by atoms with Crippen LogP contribution in [-0.4, -0.2) is 64.5 Å². The first-order chi connectivity index (χ1) is 17.3. The van der Waals surface area contributed by atoms with E-state index < -0.39 is 5.92 Å². The third-order valence-electron chi connectivity index (χ3n) is 7.64. The summed E-state index contributed by atoms with van der Waals surface area (Å²) in [6.07, 6.45) is 8.27. The number of halogens is 2. The van der Waals surface area contributed by atoms with Crippen LogP contribution < -0.4 is 10.2 Å². The van der Waals surface area contributed by atoms with E-state index in [1.807, 2.05) is 36.3 Å². The molecule has 2 fully saturated rings. The zero-order chi connectivity index (χ0) is 25.3. The van der Waals surface area contributed by atoms with E-state index in [2.05, 4.69) is 20.5 Å². The Morgan fingerprint density at radius 2 is 1.92 bits per heavy atom. The Hall–Kier alpha value is -3.01. The monoisotopic (exact) mass is 500 g/mol. The van der Waals surface area contributed by atoms with E-state index in [1.54, 1.807) is 4.68 Å². The molecule has 10 heteroatoms. The fourth-order valence-corrected chi connectivity index (χ4v) is 5.53. The number of amides is 1. The molecule has 1 amide bonds. The van der Waals surface area contributed by atoms with Crippen molar-refractivity contribution in [1.29, 1.82) is 0 Å². The fourth-order valence-electron chi connectivity index (χ4n) is 5.53. The van der Waals surface area contributed by atoms with Crippen molar-refractivity contribution in [2.45, 2.75) is 51.0 Å². The van der Waals surface area contributed by atoms with E-state index in [0.717, 1.165) is 75.8 Å². The molecule has 1 N–H and O–H groups in total. The number of hydrogen-bond donors (Lipinski definition) is 1. The van der Waals surface area contributed by atoms with Gasteiger partial charge >= 0.3 is 0 Å². The lowest BCUT2D eigenvalue weighted by molar-refractivity contribution is 0.0172. The van der Waals surface area contributed by atoms with Crippen molar-refractivity contribution in [3.63, 3.8) is 0 Å². The molecule has 3 heterocycles. The van der Waals surface area contributed by atoms with Crippen molar-refractivity contribution >= 4 is 22.6 Å². The smallest absolute Gasteiger partial charge is 0.277 e. The molecule has 5 rings (SSSR count). The van der Waals surface area contributed by atoms with Gasteiger partial charge in [-0.3, -0.25) is 14.4 Å². The predicted octanol–water partition coefficient (Wildman–Crippen LogP) is 4.17. The number of piperazine rings is 1. The van der Waals surface area contributed by atoms with Gasteiger partial charge in [0.05, 0.1) is 11.1 Å². The molecule has 1 aliphatic heterocycles. The Balaban J connectivity index is 1.05. The Morgan fingerprint density at radius 1 is 1.17 bits per heavy atom. The van der Waals surface area contributed by atoms with Gasteiger partial charge in [-0.25, -0.2) is 8.78 Å². The molecule has 2 aromatic heterocycles. The molecule has 1 aliphatic carbocycles. The summed E-state index contributed by atoms with van der Waals surface area (Å²) in [6, 6.07) is 5.87. The van der Waals surface area contributed by atoms with Gasteiger partial charge in [-0.1, -0.05) is 11.2 Å². The van der Waals surface area contributed by atoms with E-state index in [9.17, 15) is 13.6 Å². The molecular formula is C26H34F2N6O2. The minimum Gasteiger partial charge on any atom is -0.362 e. The maximum absolute atomic E-state index is 13.8. The van der Waals surface area contributed by atoms with E-state index in [0.29, 0.717) is 24.6 Å². The number of nitrogens with one attached hydrogen (secondary N) is 1. The van der Waals surface area contributed by atoms with Gasteiger partial charge in [0.2, 0.25) is 0 Å². The highest BCUT2D eigenvalue weighted by molar-refractivity contribution is 6.06. The summed E-state index contributed by atoms with van der Waals surface area (Å²) in [4.78, 5) is 17.2. The summed E-state index contributed by atoms with van der Waals surface area (Å²) in [5.74, 6) is -2.07. The molecule has 1 aromatic carbocycles. The highest BCUT2D eigenvalue weighted by Gasteiger charge is 2.34. The lowest BCUT2D eigenvalue weighted by Gasteiger charge is -2.36. The van der Waals surface area contributed by atoms with Gasteiger partial charge in [-0.15, -0.1) is 0 Å². The second-order valence-electron chi connectivity index (χ2n) is 10.3. The minimum absolute atomic E-state index is 0.0222. The molecule has 0 spiro atoms.